The van der Waals surface area contributed by atoms with Gasteiger partial charge in [-0.05, 0) is 41.6 Å². The molecule has 0 bridgehead atoms. The first-order chi connectivity index (χ1) is 12.4. The number of anilines is 1. The molecule has 3 rings (SSSR count). The smallest absolute Gasteiger partial charge is 0.298 e. The van der Waals surface area contributed by atoms with Crippen LogP contribution in [0.15, 0.2) is 52.0 Å². The molecule has 134 valence electrons. The Morgan fingerprint density at radius 1 is 1.23 bits per heavy atom. The highest BCUT2D eigenvalue weighted by Gasteiger charge is 2.22. The van der Waals surface area contributed by atoms with E-state index >= 15 is 0 Å². The summed E-state index contributed by atoms with van der Waals surface area (Å²) in [6.07, 6.45) is 0. The summed E-state index contributed by atoms with van der Waals surface area (Å²) in [5, 5.41) is 19.3. The molecule has 0 aliphatic rings. The molecule has 1 N–H and O–H groups in total. The first kappa shape index (κ1) is 18.6. The number of carbonyl (C=O) groups is 1. The highest BCUT2D eigenvalue weighted by molar-refractivity contribution is 7.99. The van der Waals surface area contributed by atoms with E-state index in [-0.39, 0.29) is 16.7 Å². The average molecular weight is 410 g/mol. The quantitative estimate of drug-likeness (QED) is 0.515. The number of rotatable bonds is 5. The van der Waals surface area contributed by atoms with Crippen LogP contribution in [0.4, 0.5) is 5.69 Å². The van der Waals surface area contributed by atoms with Crippen molar-refractivity contribution in [1.82, 2.24) is 5.27 Å². The van der Waals surface area contributed by atoms with Crippen molar-refractivity contribution >= 4 is 46.6 Å². The van der Waals surface area contributed by atoms with Gasteiger partial charge >= 0.3 is 0 Å². The van der Waals surface area contributed by atoms with Crippen molar-refractivity contribution in [3.63, 3.8) is 0 Å². The predicted molar refractivity (Wildman–Crippen MR) is 98.0 cm³/mol. The predicted octanol–water partition coefficient (Wildman–Crippen LogP) is 3.37. The fourth-order valence-corrected chi connectivity index (χ4v) is 3.17. The van der Waals surface area contributed by atoms with E-state index in [2.05, 4.69) is 10.6 Å². The number of nitrogens with one attached hydrogen (secondary N) is 1. The van der Waals surface area contributed by atoms with E-state index in [0.717, 1.165) is 17.3 Å². The monoisotopic (exact) mass is 409 g/mol. The zero-order chi connectivity index (χ0) is 18.7. The number of carbonyl (C=O) groups excluding carboxylic acids is 1. The van der Waals surface area contributed by atoms with E-state index in [1.165, 1.54) is 4.68 Å². The van der Waals surface area contributed by atoms with Gasteiger partial charge in [0.15, 0.2) is 5.95 Å². The van der Waals surface area contributed by atoms with E-state index in [1.54, 1.807) is 18.2 Å². The second-order valence-corrected chi connectivity index (χ2v) is 7.16. The van der Waals surface area contributed by atoms with Gasteiger partial charge in [0, 0.05) is 17.8 Å². The molecule has 3 aromatic rings. The standard InChI is InChI=1S/C17H13Cl2N3O3S/c1-10-2-5-12(6-3-10)22-16(17(24)25-21-22)26-9-15(23)20-11-4-7-13(18)14(19)8-11/h2-8H,9H2,1H3,(H-,20,21,23,24). The molecule has 0 aliphatic heterocycles. The molecule has 0 unspecified atom stereocenters. The fourth-order valence-electron chi connectivity index (χ4n) is 2.12. The Balaban J connectivity index is 1.69. The van der Waals surface area contributed by atoms with E-state index < -0.39 is 5.95 Å². The largest absolute Gasteiger partial charge is 0.538 e. The number of hydrogen-bond acceptors (Lipinski definition) is 5. The molecule has 0 saturated carbocycles. The molecule has 0 radical (unpaired) electrons. The zero-order valence-corrected chi connectivity index (χ0v) is 15.9. The van der Waals surface area contributed by atoms with Gasteiger partial charge in [0.1, 0.15) is 0 Å². The summed E-state index contributed by atoms with van der Waals surface area (Å²) in [6, 6.07) is 12.2. The molecule has 0 spiro atoms. The van der Waals surface area contributed by atoms with Crippen molar-refractivity contribution in [3.05, 3.63) is 58.1 Å². The molecule has 0 saturated heterocycles. The lowest BCUT2D eigenvalue weighted by atomic mass is 10.2. The Morgan fingerprint density at radius 3 is 2.65 bits per heavy atom. The maximum absolute atomic E-state index is 12.1. The molecule has 0 atom stereocenters. The van der Waals surface area contributed by atoms with Crippen molar-refractivity contribution in [2.24, 2.45) is 0 Å². The van der Waals surface area contributed by atoms with Gasteiger partial charge in [-0.3, -0.25) is 4.79 Å². The minimum atomic E-state index is -0.599. The second kappa shape index (κ2) is 7.99. The highest BCUT2D eigenvalue weighted by atomic mass is 35.5. The minimum Gasteiger partial charge on any atom is -0.538 e. The van der Waals surface area contributed by atoms with Crippen LogP contribution < -0.4 is 15.1 Å². The lowest BCUT2D eigenvalue weighted by molar-refractivity contribution is -0.705. The van der Waals surface area contributed by atoms with Crippen molar-refractivity contribution in [1.29, 1.82) is 0 Å². The molecule has 1 heterocycles. The summed E-state index contributed by atoms with van der Waals surface area (Å²) in [5.74, 6) is -0.898. The first-order valence-corrected chi connectivity index (χ1v) is 9.22. The Morgan fingerprint density at radius 2 is 1.96 bits per heavy atom. The molecular weight excluding hydrogens is 397 g/mol. The van der Waals surface area contributed by atoms with Crippen LogP contribution in [0.1, 0.15) is 5.56 Å². The van der Waals surface area contributed by atoms with Crippen LogP contribution in [-0.4, -0.2) is 16.9 Å². The number of hydrogen-bond donors (Lipinski definition) is 1. The van der Waals surface area contributed by atoms with Crippen LogP contribution in [0.2, 0.25) is 10.0 Å². The van der Waals surface area contributed by atoms with E-state index in [9.17, 15) is 9.90 Å². The van der Waals surface area contributed by atoms with Crippen LogP contribution >= 0.6 is 35.0 Å². The molecule has 6 nitrogen and oxygen atoms in total. The molecule has 2 aromatic carbocycles. The van der Waals surface area contributed by atoms with Crippen molar-refractivity contribution < 1.29 is 19.1 Å². The lowest BCUT2D eigenvalue weighted by Crippen LogP contribution is -2.35. The number of amides is 1. The lowest BCUT2D eigenvalue weighted by Gasteiger charge is -2.05. The van der Waals surface area contributed by atoms with Gasteiger partial charge in [-0.25, -0.2) is 0 Å². The summed E-state index contributed by atoms with van der Waals surface area (Å²) < 4.78 is 6.11. The van der Waals surface area contributed by atoms with Gasteiger partial charge in [-0.1, -0.05) is 40.9 Å². The first-order valence-electron chi connectivity index (χ1n) is 7.48. The average Bonchev–Trinajstić information content (AvgIpc) is 2.98. The van der Waals surface area contributed by atoms with Crippen LogP contribution in [0.25, 0.3) is 5.69 Å². The number of thioether (sulfide) groups is 1. The SMILES string of the molecule is Cc1ccc(-[n+]2noc([O-])c2SCC(=O)Nc2ccc(Cl)c(Cl)c2)cc1. The molecule has 9 heteroatoms. The zero-order valence-electron chi connectivity index (χ0n) is 13.5. The van der Waals surface area contributed by atoms with E-state index in [0.29, 0.717) is 21.4 Å². The third kappa shape index (κ3) is 4.30. The van der Waals surface area contributed by atoms with Gasteiger partial charge in [0.2, 0.25) is 11.6 Å². The number of nitrogens with zero attached hydrogens (tertiary/aromatic N) is 2. The third-order valence-electron chi connectivity index (χ3n) is 3.39. The van der Waals surface area contributed by atoms with Gasteiger partial charge in [0.05, 0.1) is 21.1 Å². The molecule has 1 amide bonds. The van der Waals surface area contributed by atoms with Crippen LogP contribution in [-0.2, 0) is 4.79 Å². The Bertz CT molecular complexity index is 945. The number of aromatic nitrogens is 2. The summed E-state index contributed by atoms with van der Waals surface area (Å²) in [5.41, 5.74) is 2.27. The summed E-state index contributed by atoms with van der Waals surface area (Å²) >= 11 is 12.8. The molecule has 26 heavy (non-hydrogen) atoms. The van der Waals surface area contributed by atoms with Gasteiger partial charge < -0.3 is 14.9 Å². The Kier molecular flexibility index (Phi) is 5.70. The normalized spacial score (nSPS) is 10.7. The third-order valence-corrected chi connectivity index (χ3v) is 5.15. The highest BCUT2D eigenvalue weighted by Crippen LogP contribution is 2.26. The summed E-state index contributed by atoms with van der Waals surface area (Å²) in [7, 11) is 0. The van der Waals surface area contributed by atoms with E-state index in [4.69, 9.17) is 27.7 Å². The molecular formula is C17H13Cl2N3O3S. The van der Waals surface area contributed by atoms with Crippen molar-refractivity contribution in [2.45, 2.75) is 11.9 Å². The van der Waals surface area contributed by atoms with E-state index in [1.807, 2.05) is 31.2 Å². The number of halogens is 2. The van der Waals surface area contributed by atoms with Gasteiger partial charge in [-0.2, -0.15) is 0 Å². The summed E-state index contributed by atoms with van der Waals surface area (Å²) in [4.78, 5) is 12.1. The van der Waals surface area contributed by atoms with Crippen molar-refractivity contribution in [3.8, 4) is 11.6 Å². The van der Waals surface area contributed by atoms with Crippen LogP contribution in [0.3, 0.4) is 0 Å². The molecule has 1 aromatic heterocycles. The van der Waals surface area contributed by atoms with Crippen LogP contribution in [0.5, 0.6) is 5.95 Å². The number of aryl methyl sites for hydroxylation is 1. The fraction of sp³-hybridized carbons (Fsp3) is 0.118. The molecule has 0 fully saturated rings. The van der Waals surface area contributed by atoms with Crippen molar-refractivity contribution in [2.75, 3.05) is 11.1 Å². The van der Waals surface area contributed by atoms with Gasteiger partial charge in [-0.15, -0.1) is 0 Å². The number of benzene rings is 2. The maximum Gasteiger partial charge on any atom is 0.298 e. The maximum atomic E-state index is 12.1. The topological polar surface area (TPSA) is 82.1 Å². The minimum absolute atomic E-state index is 0.00254. The molecule has 0 aliphatic carbocycles. The van der Waals surface area contributed by atoms with Gasteiger partial charge in [0.25, 0.3) is 5.03 Å². The second-order valence-electron chi connectivity index (χ2n) is 5.38. The summed E-state index contributed by atoms with van der Waals surface area (Å²) in [6.45, 7) is 1.96. The Hall–Kier alpha value is -2.22. The van der Waals surface area contributed by atoms with Crippen LogP contribution in [0, 0.1) is 6.92 Å². The Labute approximate surface area is 163 Å².